The van der Waals surface area contributed by atoms with Gasteiger partial charge in [-0.2, -0.15) is 28.0 Å². The number of hydrogen-bond donors (Lipinski definition) is 2. The molecule has 3 rings (SSSR count). The summed E-state index contributed by atoms with van der Waals surface area (Å²) in [4.78, 5) is 0. The first-order chi connectivity index (χ1) is 13.4. The van der Waals surface area contributed by atoms with E-state index >= 15 is 0 Å². The lowest BCUT2D eigenvalue weighted by molar-refractivity contribution is -0.137. The Morgan fingerprint density at radius 1 is 1.18 bits per heavy atom. The largest absolute Gasteiger partial charge is 0.494 e. The third-order valence-corrected chi connectivity index (χ3v) is 3.98. The van der Waals surface area contributed by atoms with Crippen LogP contribution >= 0.6 is 12.2 Å². The summed E-state index contributed by atoms with van der Waals surface area (Å²) in [5, 5.41) is 10.9. The molecule has 146 valence electrons. The van der Waals surface area contributed by atoms with Crippen molar-refractivity contribution in [1.82, 2.24) is 14.9 Å². The molecule has 2 N–H and O–H groups in total. The number of rotatable bonds is 6. The van der Waals surface area contributed by atoms with Crippen LogP contribution in [0.25, 0.3) is 11.4 Å². The van der Waals surface area contributed by atoms with Crippen LogP contribution < -0.4 is 10.3 Å². The Hall–Kier alpha value is -3.14. The van der Waals surface area contributed by atoms with Gasteiger partial charge in [-0.1, -0.05) is 12.1 Å². The number of nitrogens with one attached hydrogen (secondary N) is 2. The Morgan fingerprint density at radius 2 is 1.86 bits per heavy atom. The van der Waals surface area contributed by atoms with Gasteiger partial charge in [-0.3, -0.25) is 0 Å². The third-order valence-electron chi connectivity index (χ3n) is 3.71. The van der Waals surface area contributed by atoms with Gasteiger partial charge in [0.25, 0.3) is 0 Å². The zero-order chi connectivity index (χ0) is 20.1. The van der Waals surface area contributed by atoms with Crippen molar-refractivity contribution in [3.05, 3.63) is 64.4 Å². The number of aromatic nitrogens is 3. The summed E-state index contributed by atoms with van der Waals surface area (Å²) in [7, 11) is 0. The van der Waals surface area contributed by atoms with E-state index in [1.165, 1.54) is 23.0 Å². The Morgan fingerprint density at radius 3 is 2.46 bits per heavy atom. The predicted octanol–water partition coefficient (Wildman–Crippen LogP) is 4.60. The highest BCUT2D eigenvalue weighted by Crippen LogP contribution is 2.28. The van der Waals surface area contributed by atoms with Gasteiger partial charge >= 0.3 is 6.18 Å². The molecule has 0 aliphatic rings. The van der Waals surface area contributed by atoms with E-state index < -0.39 is 11.7 Å². The topological polar surface area (TPSA) is 67.2 Å². The second-order valence-electron chi connectivity index (χ2n) is 5.62. The quantitative estimate of drug-likeness (QED) is 0.356. The Balaban J connectivity index is 1.75. The van der Waals surface area contributed by atoms with Crippen LogP contribution in [0.3, 0.4) is 0 Å². The minimum atomic E-state index is -4.37. The summed E-state index contributed by atoms with van der Waals surface area (Å²) in [6, 6.07) is 11.9. The molecule has 1 heterocycles. The van der Waals surface area contributed by atoms with Crippen molar-refractivity contribution in [3.63, 3.8) is 0 Å². The second-order valence-corrected chi connectivity index (χ2v) is 6.01. The average Bonchev–Trinajstić information content (AvgIpc) is 3.03. The van der Waals surface area contributed by atoms with E-state index in [0.717, 1.165) is 23.4 Å². The summed E-state index contributed by atoms with van der Waals surface area (Å²) in [6.45, 7) is 2.47. The molecular formula is C18H16F3N5OS. The summed E-state index contributed by atoms with van der Waals surface area (Å²) < 4.78 is 44.9. The molecule has 0 amide bonds. The second kappa shape index (κ2) is 8.26. The van der Waals surface area contributed by atoms with Crippen molar-refractivity contribution < 1.29 is 17.9 Å². The summed E-state index contributed by atoms with van der Waals surface area (Å²) in [5.74, 6) is 1.23. The molecule has 28 heavy (non-hydrogen) atoms. The molecule has 0 radical (unpaired) electrons. The highest BCUT2D eigenvalue weighted by Gasteiger charge is 2.29. The van der Waals surface area contributed by atoms with Gasteiger partial charge < -0.3 is 4.74 Å². The highest BCUT2D eigenvalue weighted by atomic mass is 32.1. The van der Waals surface area contributed by atoms with Crippen LogP contribution in [-0.2, 0) is 6.18 Å². The Bertz CT molecular complexity index is 1010. The minimum absolute atomic E-state index is 0.286. The monoisotopic (exact) mass is 407 g/mol. The maximum absolute atomic E-state index is 12.6. The van der Waals surface area contributed by atoms with Gasteiger partial charge in [-0.15, -0.1) is 0 Å². The van der Waals surface area contributed by atoms with Gasteiger partial charge in [0.1, 0.15) is 5.75 Å². The summed E-state index contributed by atoms with van der Waals surface area (Å²) in [6.07, 6.45) is -2.98. The molecule has 6 nitrogen and oxygen atoms in total. The maximum atomic E-state index is 12.6. The molecule has 0 saturated carbocycles. The zero-order valence-electron chi connectivity index (χ0n) is 14.7. The summed E-state index contributed by atoms with van der Waals surface area (Å²) >= 11 is 5.19. The van der Waals surface area contributed by atoms with Gasteiger partial charge in [0.2, 0.25) is 4.77 Å². The Labute approximate surface area is 163 Å². The molecule has 0 unspecified atom stereocenters. The number of aromatic amines is 1. The lowest BCUT2D eigenvalue weighted by Gasteiger charge is -2.07. The van der Waals surface area contributed by atoms with E-state index in [4.69, 9.17) is 17.0 Å². The fraction of sp³-hybridized carbons (Fsp3) is 0.167. The average molecular weight is 407 g/mol. The molecule has 0 aliphatic heterocycles. The van der Waals surface area contributed by atoms with Gasteiger partial charge in [0.15, 0.2) is 5.82 Å². The number of H-pyrrole nitrogens is 1. The van der Waals surface area contributed by atoms with Gasteiger partial charge in [0.05, 0.1) is 18.4 Å². The van der Waals surface area contributed by atoms with Crippen molar-refractivity contribution >= 4 is 18.4 Å². The fourth-order valence-electron chi connectivity index (χ4n) is 2.37. The van der Waals surface area contributed by atoms with E-state index in [0.29, 0.717) is 18.0 Å². The van der Waals surface area contributed by atoms with Crippen molar-refractivity contribution in [2.45, 2.75) is 13.1 Å². The fourth-order valence-corrected chi connectivity index (χ4v) is 2.54. The predicted molar refractivity (Wildman–Crippen MR) is 102 cm³/mol. The molecule has 1 aromatic heterocycles. The number of alkyl halides is 3. The number of halogens is 3. The molecule has 0 atom stereocenters. The van der Waals surface area contributed by atoms with Crippen LogP contribution in [0.15, 0.2) is 53.6 Å². The van der Waals surface area contributed by atoms with Crippen molar-refractivity contribution in [1.29, 1.82) is 0 Å². The molecule has 0 spiro atoms. The summed E-state index contributed by atoms with van der Waals surface area (Å²) in [5.41, 5.74) is 3.28. The number of hydrogen-bond acceptors (Lipinski definition) is 5. The highest BCUT2D eigenvalue weighted by molar-refractivity contribution is 7.71. The van der Waals surface area contributed by atoms with Crippen LogP contribution in [0.5, 0.6) is 5.75 Å². The molecule has 0 bridgehead atoms. The first-order valence-corrected chi connectivity index (χ1v) is 8.66. The molecule has 2 aromatic carbocycles. The van der Waals surface area contributed by atoms with Crippen LogP contribution in [0, 0.1) is 4.77 Å². The number of hydrazone groups is 1. The van der Waals surface area contributed by atoms with E-state index in [1.807, 2.05) is 31.2 Å². The first-order valence-electron chi connectivity index (χ1n) is 8.25. The molecule has 10 heteroatoms. The number of ether oxygens (including phenoxy) is 1. The van der Waals surface area contributed by atoms with Crippen LogP contribution in [0.2, 0.25) is 0 Å². The van der Waals surface area contributed by atoms with E-state index in [-0.39, 0.29) is 4.77 Å². The van der Waals surface area contributed by atoms with Crippen LogP contribution in [0.1, 0.15) is 18.1 Å². The molecule has 3 aromatic rings. The smallest absolute Gasteiger partial charge is 0.416 e. The number of nitrogens with zero attached hydrogens (tertiary/aromatic N) is 3. The van der Waals surface area contributed by atoms with Crippen LogP contribution in [0.4, 0.5) is 13.2 Å². The Kier molecular flexibility index (Phi) is 5.78. The lowest BCUT2D eigenvalue weighted by Crippen LogP contribution is -2.10. The van der Waals surface area contributed by atoms with E-state index in [9.17, 15) is 13.2 Å². The molecule has 0 fully saturated rings. The molecular weight excluding hydrogens is 391 g/mol. The number of benzene rings is 2. The van der Waals surface area contributed by atoms with Crippen molar-refractivity contribution in [2.75, 3.05) is 12.1 Å². The van der Waals surface area contributed by atoms with Crippen LogP contribution in [-0.4, -0.2) is 27.7 Å². The first kappa shape index (κ1) is 19.6. The van der Waals surface area contributed by atoms with Gasteiger partial charge in [-0.25, -0.2) is 10.6 Å². The lowest BCUT2D eigenvalue weighted by atomic mass is 10.1. The van der Waals surface area contributed by atoms with Gasteiger partial charge in [-0.05, 0) is 61.1 Å². The van der Waals surface area contributed by atoms with E-state index in [1.54, 1.807) is 0 Å². The molecule has 0 saturated heterocycles. The van der Waals surface area contributed by atoms with E-state index in [2.05, 4.69) is 20.8 Å². The van der Waals surface area contributed by atoms with Crippen molar-refractivity contribution in [3.8, 4) is 17.1 Å². The van der Waals surface area contributed by atoms with Gasteiger partial charge in [0, 0.05) is 5.56 Å². The minimum Gasteiger partial charge on any atom is -0.494 e. The standard InChI is InChI=1S/C18H16F3N5OS/c1-2-27-15-9-5-13(6-10-15)16-23-24-17(28)26(16)25-22-11-12-3-7-14(8-4-12)18(19,20)21/h3-11,25H,2H2,1H3,(H,24,28)/b22-11+. The normalized spacial score (nSPS) is 11.7. The molecule has 0 aliphatic carbocycles. The maximum Gasteiger partial charge on any atom is 0.416 e. The zero-order valence-corrected chi connectivity index (χ0v) is 15.5. The van der Waals surface area contributed by atoms with Crippen molar-refractivity contribution in [2.24, 2.45) is 5.10 Å². The third kappa shape index (κ3) is 4.58. The SMILES string of the molecule is CCOc1ccc(-c2n[nH]c(=S)n2N/N=C/c2ccc(C(F)(F)F)cc2)cc1.